The maximum Gasteiger partial charge on any atom is 0.0725 e. The van der Waals surface area contributed by atoms with Gasteiger partial charge in [0.25, 0.3) is 0 Å². The second-order valence-corrected chi connectivity index (χ2v) is 9.83. The van der Waals surface area contributed by atoms with Crippen molar-refractivity contribution in [2.45, 2.75) is 5.41 Å². The van der Waals surface area contributed by atoms with E-state index >= 15 is 0 Å². The van der Waals surface area contributed by atoms with E-state index in [1.54, 1.807) is 0 Å². The minimum absolute atomic E-state index is 0.328. The van der Waals surface area contributed by atoms with Crippen molar-refractivity contribution >= 4 is 0 Å². The topological polar surface area (TPSA) is 25.8 Å². The van der Waals surface area contributed by atoms with Crippen molar-refractivity contribution in [3.05, 3.63) is 156 Å². The van der Waals surface area contributed by atoms with E-state index in [1.807, 2.05) is 24.8 Å². The number of hydrogen-bond donors (Lipinski definition) is 0. The zero-order chi connectivity index (χ0) is 24.4. The van der Waals surface area contributed by atoms with Gasteiger partial charge in [0, 0.05) is 24.8 Å². The summed E-state index contributed by atoms with van der Waals surface area (Å²) in [6, 6.07) is 40.2. The van der Waals surface area contributed by atoms with Gasteiger partial charge in [0.05, 0.1) is 5.41 Å². The van der Waals surface area contributed by atoms with E-state index in [-0.39, 0.29) is 5.41 Å². The third-order valence-electron chi connectivity index (χ3n) is 8.12. The van der Waals surface area contributed by atoms with Gasteiger partial charge in [0.2, 0.25) is 0 Å². The maximum absolute atomic E-state index is 4.23. The van der Waals surface area contributed by atoms with Gasteiger partial charge in [-0.3, -0.25) is 9.97 Å². The minimum atomic E-state index is -0.328. The third-order valence-corrected chi connectivity index (χ3v) is 8.12. The zero-order valence-electron chi connectivity index (χ0n) is 20.1. The number of aromatic nitrogens is 2. The summed E-state index contributed by atoms with van der Waals surface area (Å²) >= 11 is 0. The van der Waals surface area contributed by atoms with Crippen molar-refractivity contribution in [1.82, 2.24) is 9.97 Å². The van der Waals surface area contributed by atoms with Crippen LogP contribution in [-0.2, 0) is 5.41 Å². The molecule has 2 nitrogen and oxygen atoms in total. The predicted molar refractivity (Wildman–Crippen MR) is 149 cm³/mol. The first kappa shape index (κ1) is 20.4. The Hall–Kier alpha value is -4.82. The molecule has 2 heterocycles. The lowest BCUT2D eigenvalue weighted by Crippen LogP contribution is -2.25. The Morgan fingerprint density at radius 1 is 0.351 bits per heavy atom. The number of pyridine rings is 2. The first-order valence-corrected chi connectivity index (χ1v) is 12.7. The third kappa shape index (κ3) is 2.70. The largest absolute Gasteiger partial charge is 0.265 e. The van der Waals surface area contributed by atoms with Gasteiger partial charge >= 0.3 is 0 Å². The summed E-state index contributed by atoms with van der Waals surface area (Å²) in [7, 11) is 0. The molecular formula is C35H22N2. The lowest BCUT2D eigenvalue weighted by molar-refractivity contribution is 0.794. The van der Waals surface area contributed by atoms with Crippen LogP contribution < -0.4 is 0 Å². The summed E-state index contributed by atoms with van der Waals surface area (Å²) in [5.74, 6) is 0. The summed E-state index contributed by atoms with van der Waals surface area (Å²) in [6.45, 7) is 0. The van der Waals surface area contributed by atoms with Crippen LogP contribution in [0.25, 0.3) is 44.5 Å². The number of rotatable bonds is 2. The molecule has 0 saturated carbocycles. The quantitative estimate of drug-likeness (QED) is 0.255. The van der Waals surface area contributed by atoms with E-state index in [4.69, 9.17) is 0 Å². The molecule has 2 aliphatic carbocycles. The van der Waals surface area contributed by atoms with Crippen molar-refractivity contribution in [1.29, 1.82) is 0 Å². The van der Waals surface area contributed by atoms with Gasteiger partial charge in [0.1, 0.15) is 0 Å². The first-order valence-electron chi connectivity index (χ1n) is 12.7. The fourth-order valence-electron chi connectivity index (χ4n) is 6.60. The van der Waals surface area contributed by atoms with Crippen LogP contribution in [0.3, 0.4) is 0 Å². The van der Waals surface area contributed by atoms with E-state index < -0.39 is 0 Å². The highest BCUT2D eigenvalue weighted by Crippen LogP contribution is 2.63. The van der Waals surface area contributed by atoms with Crippen molar-refractivity contribution in [3.8, 4) is 44.5 Å². The van der Waals surface area contributed by atoms with Gasteiger partial charge in [-0.25, -0.2) is 0 Å². The SMILES string of the molecule is c1ccc2c(c1)-c1ccccc1C21c2ccc(-c3ccncc3)cc2-c2cc(-c3ccncc3)ccc21. The van der Waals surface area contributed by atoms with Crippen LogP contribution in [0.5, 0.6) is 0 Å². The average Bonchev–Trinajstić information content (AvgIpc) is 3.44. The van der Waals surface area contributed by atoms with Crippen LogP contribution in [0, 0.1) is 0 Å². The molecule has 0 aliphatic heterocycles. The minimum Gasteiger partial charge on any atom is -0.265 e. The van der Waals surface area contributed by atoms with Crippen molar-refractivity contribution in [2.75, 3.05) is 0 Å². The van der Waals surface area contributed by atoms with Crippen LogP contribution in [0.1, 0.15) is 22.3 Å². The van der Waals surface area contributed by atoms with Crippen molar-refractivity contribution < 1.29 is 0 Å². The van der Waals surface area contributed by atoms with E-state index in [1.165, 1.54) is 66.8 Å². The van der Waals surface area contributed by atoms with Crippen molar-refractivity contribution in [2.24, 2.45) is 0 Å². The van der Waals surface area contributed by atoms with Crippen LogP contribution in [0.4, 0.5) is 0 Å². The first-order chi connectivity index (χ1) is 18.4. The Morgan fingerprint density at radius 3 is 1.22 bits per heavy atom. The Kier molecular flexibility index (Phi) is 4.18. The molecule has 2 aliphatic rings. The Labute approximate surface area is 216 Å². The molecule has 0 N–H and O–H groups in total. The van der Waals surface area contributed by atoms with Crippen LogP contribution in [-0.4, -0.2) is 9.97 Å². The molecule has 0 amide bonds. The standard InChI is InChI=1S/C35H22N2/c1-3-7-31-27(5-1)28-6-2-4-8-32(28)35(31)33-11-9-25(23-13-17-36-18-14-23)21-29(33)30-22-26(10-12-34(30)35)24-15-19-37-20-16-24/h1-22H. The number of fused-ring (bicyclic) bond motifs is 10. The van der Waals surface area contributed by atoms with Gasteiger partial charge < -0.3 is 0 Å². The van der Waals surface area contributed by atoms with Gasteiger partial charge in [0.15, 0.2) is 0 Å². The molecular weight excluding hydrogens is 448 g/mol. The molecule has 0 unspecified atom stereocenters. The predicted octanol–water partition coefficient (Wildman–Crippen LogP) is 8.15. The molecule has 1 spiro atoms. The van der Waals surface area contributed by atoms with E-state index in [2.05, 4.69) is 119 Å². The molecule has 6 aromatic rings. The summed E-state index contributed by atoms with van der Waals surface area (Å²) in [4.78, 5) is 8.45. The highest BCUT2D eigenvalue weighted by atomic mass is 14.6. The fourth-order valence-corrected chi connectivity index (χ4v) is 6.60. The monoisotopic (exact) mass is 470 g/mol. The normalized spacial score (nSPS) is 13.6. The maximum atomic E-state index is 4.23. The van der Waals surface area contributed by atoms with Gasteiger partial charge in [-0.1, -0.05) is 72.8 Å². The highest BCUT2D eigenvalue weighted by molar-refractivity contribution is 5.97. The van der Waals surface area contributed by atoms with E-state index in [0.717, 1.165) is 0 Å². The summed E-state index contributed by atoms with van der Waals surface area (Å²) < 4.78 is 0. The average molecular weight is 471 g/mol. The smallest absolute Gasteiger partial charge is 0.0725 e. The van der Waals surface area contributed by atoms with Crippen molar-refractivity contribution in [3.63, 3.8) is 0 Å². The molecule has 172 valence electrons. The second-order valence-electron chi connectivity index (χ2n) is 9.83. The van der Waals surface area contributed by atoms with Crippen LogP contribution in [0.15, 0.2) is 134 Å². The van der Waals surface area contributed by atoms with Crippen LogP contribution >= 0.6 is 0 Å². The molecule has 4 aromatic carbocycles. The van der Waals surface area contributed by atoms with Gasteiger partial charge in [-0.05, 0) is 103 Å². The molecule has 0 radical (unpaired) electrons. The Balaban J connectivity index is 1.48. The van der Waals surface area contributed by atoms with E-state index in [0.29, 0.717) is 0 Å². The second kappa shape index (κ2) is 7.59. The van der Waals surface area contributed by atoms with Crippen LogP contribution in [0.2, 0.25) is 0 Å². The zero-order valence-corrected chi connectivity index (χ0v) is 20.1. The number of hydrogen-bond acceptors (Lipinski definition) is 2. The molecule has 8 rings (SSSR count). The molecule has 37 heavy (non-hydrogen) atoms. The molecule has 0 atom stereocenters. The molecule has 2 aromatic heterocycles. The Morgan fingerprint density at radius 2 is 0.757 bits per heavy atom. The fraction of sp³-hybridized carbons (Fsp3) is 0.0286. The molecule has 0 saturated heterocycles. The molecule has 2 heteroatoms. The summed E-state index contributed by atoms with van der Waals surface area (Å²) in [5.41, 5.74) is 15.1. The van der Waals surface area contributed by atoms with Gasteiger partial charge in [-0.15, -0.1) is 0 Å². The summed E-state index contributed by atoms with van der Waals surface area (Å²) in [6.07, 6.45) is 7.46. The van der Waals surface area contributed by atoms with E-state index in [9.17, 15) is 0 Å². The lowest BCUT2D eigenvalue weighted by atomic mass is 9.70. The Bertz CT molecular complexity index is 1680. The number of benzene rings is 4. The molecule has 0 fully saturated rings. The molecule has 0 bridgehead atoms. The summed E-state index contributed by atoms with van der Waals surface area (Å²) in [5, 5.41) is 0. The number of nitrogens with zero attached hydrogens (tertiary/aromatic N) is 2. The highest BCUT2D eigenvalue weighted by Gasteiger charge is 2.51. The van der Waals surface area contributed by atoms with Gasteiger partial charge in [-0.2, -0.15) is 0 Å². The lowest BCUT2D eigenvalue weighted by Gasteiger charge is -2.30.